The molecule has 13 heavy (non-hydrogen) atoms. The van der Waals surface area contributed by atoms with Crippen LogP contribution in [0, 0.1) is 209 Å². The van der Waals surface area contributed by atoms with Crippen molar-refractivity contribution < 1.29 is 214 Å². The first-order valence-corrected chi connectivity index (χ1v) is 3.35. The molecule has 0 aromatic carbocycles. The van der Waals surface area contributed by atoms with Crippen molar-refractivity contribution in [1.82, 2.24) is 0 Å². The van der Waals surface area contributed by atoms with Crippen molar-refractivity contribution in [2.24, 2.45) is 0 Å². The Morgan fingerprint density at radius 2 is 1.31 bits per heavy atom. The molecule has 0 spiro atoms. The van der Waals surface area contributed by atoms with Crippen molar-refractivity contribution in [2.75, 3.05) is 0 Å². The maximum Gasteiger partial charge on any atom is 0.119 e. The van der Waals surface area contributed by atoms with Crippen LogP contribution in [0.15, 0.2) is 0 Å². The van der Waals surface area contributed by atoms with E-state index in [0.29, 0.717) is 0 Å². The van der Waals surface area contributed by atoms with Crippen molar-refractivity contribution in [3.63, 3.8) is 0 Å². The number of carbonyl (C=O) groups is 1. The largest absolute Gasteiger partial charge is 0.303 e. The Morgan fingerprint density at radius 3 is 1.62 bits per heavy atom. The quantitative estimate of drug-likeness (QED) is 0.308. The zero-order valence-electron chi connectivity index (χ0n) is 8.02. The van der Waals surface area contributed by atoms with Gasteiger partial charge in [-0.25, -0.2) is 0 Å². The van der Waals surface area contributed by atoms with Gasteiger partial charge in [0.1, 0.15) is 6.29 Å². The summed E-state index contributed by atoms with van der Waals surface area (Å²) in [6, 6.07) is 0. The molecule has 1 nitrogen and oxygen atoms in total. The Kier molecular flexibility index (Phi) is 102. The molecule has 0 heterocycles. The number of rotatable bonds is 5. The van der Waals surface area contributed by atoms with E-state index in [0.717, 1.165) is 19.1 Å². The predicted molar refractivity (Wildman–Crippen MR) is 34.8 cm³/mol. The normalized spacial score (nSPS) is 5.62. The fraction of sp³-hybridized carbons (Fsp3) is 0.857. The molecule has 0 aliphatic heterocycles. The Labute approximate surface area is 251 Å². The van der Waals surface area contributed by atoms with Gasteiger partial charge in [-0.15, -0.1) is 0 Å². The SMILES string of the molecule is CCCCCCC=O.[Ce].[Ce].[Ce].[Ce].[Ce]. The summed E-state index contributed by atoms with van der Waals surface area (Å²) in [5.74, 6) is 0. The zero-order valence-corrected chi connectivity index (χ0v) is 23.7. The van der Waals surface area contributed by atoms with Gasteiger partial charge in [0, 0.05) is 215 Å². The standard InChI is InChI=1S/C7H14O.5Ce/c1-2-3-4-5-6-7-8;;;;;/h7H,2-6H2,1H3;;;;;. The van der Waals surface area contributed by atoms with Crippen LogP contribution in [0.2, 0.25) is 0 Å². The fourth-order valence-corrected chi connectivity index (χ4v) is 0.654. The predicted octanol–water partition coefficient (Wildman–Crippen LogP) is 2.16. The molecule has 0 amide bonds. The molecule has 0 aliphatic rings. The van der Waals surface area contributed by atoms with E-state index in [9.17, 15) is 4.79 Å². The van der Waals surface area contributed by atoms with Crippen LogP contribution in [0.25, 0.3) is 0 Å². The van der Waals surface area contributed by atoms with Crippen molar-refractivity contribution >= 4 is 6.29 Å². The minimum atomic E-state index is 0. The molecule has 0 N–H and O–H groups in total. The van der Waals surface area contributed by atoms with Gasteiger partial charge in [0.25, 0.3) is 0 Å². The van der Waals surface area contributed by atoms with Gasteiger partial charge >= 0.3 is 0 Å². The van der Waals surface area contributed by atoms with Gasteiger partial charge in [-0.1, -0.05) is 26.2 Å². The van der Waals surface area contributed by atoms with Gasteiger partial charge in [-0.3, -0.25) is 0 Å². The first kappa shape index (κ1) is 36.6. The van der Waals surface area contributed by atoms with Crippen LogP contribution in [0.3, 0.4) is 0 Å². The van der Waals surface area contributed by atoms with E-state index in [1.165, 1.54) is 19.3 Å². The van der Waals surface area contributed by atoms with Gasteiger partial charge in [-0.2, -0.15) is 0 Å². The van der Waals surface area contributed by atoms with Gasteiger partial charge < -0.3 is 4.79 Å². The number of unbranched alkanes of at least 4 members (excludes halogenated alkanes) is 4. The van der Waals surface area contributed by atoms with Crippen molar-refractivity contribution in [2.45, 2.75) is 39.0 Å². The molecule has 0 rings (SSSR count). The maximum atomic E-state index is 9.77. The van der Waals surface area contributed by atoms with E-state index in [4.69, 9.17) is 0 Å². The van der Waals surface area contributed by atoms with E-state index in [2.05, 4.69) is 6.92 Å². The van der Waals surface area contributed by atoms with Gasteiger partial charge in [-0.05, 0) is 6.42 Å². The molecule has 0 aliphatic carbocycles. The molecule has 0 radical (unpaired) electrons. The van der Waals surface area contributed by atoms with Crippen LogP contribution >= 0.6 is 0 Å². The third kappa shape index (κ3) is 38.1. The topological polar surface area (TPSA) is 17.1 Å². The molecule has 0 saturated carbocycles. The third-order valence-corrected chi connectivity index (χ3v) is 1.18. The number of carbonyl (C=O) groups excluding carboxylic acids is 1. The van der Waals surface area contributed by atoms with E-state index < -0.39 is 0 Å². The minimum absolute atomic E-state index is 0. The first-order chi connectivity index (χ1) is 3.91. The molecule has 0 aromatic rings. The number of aldehydes is 1. The molecular weight excluding hydrogens is 801 g/mol. The molecule has 0 aromatic heterocycles. The summed E-state index contributed by atoms with van der Waals surface area (Å²) in [5, 5.41) is 0. The summed E-state index contributed by atoms with van der Waals surface area (Å²) in [4.78, 5) is 9.77. The summed E-state index contributed by atoms with van der Waals surface area (Å²) in [7, 11) is 0. The zero-order chi connectivity index (χ0) is 6.24. The molecule has 0 bridgehead atoms. The number of hydrogen-bond donors (Lipinski definition) is 0. The van der Waals surface area contributed by atoms with E-state index in [-0.39, 0.29) is 209 Å². The van der Waals surface area contributed by atoms with Gasteiger partial charge in [0.2, 0.25) is 0 Å². The summed E-state index contributed by atoms with van der Waals surface area (Å²) in [5.41, 5.74) is 0. The summed E-state index contributed by atoms with van der Waals surface area (Å²) in [6.45, 7) is 2.17. The Morgan fingerprint density at radius 1 is 0.846 bits per heavy atom. The van der Waals surface area contributed by atoms with Crippen LogP contribution in [0.4, 0.5) is 0 Å². The number of hydrogen-bond acceptors (Lipinski definition) is 1. The van der Waals surface area contributed by atoms with Crippen LogP contribution < -0.4 is 0 Å². The maximum absolute atomic E-state index is 9.77. The monoisotopic (exact) mass is 814 g/mol. The van der Waals surface area contributed by atoms with Crippen LogP contribution in [0.5, 0.6) is 0 Å². The molecule has 0 unspecified atom stereocenters. The van der Waals surface area contributed by atoms with Crippen molar-refractivity contribution in [3.8, 4) is 0 Å². The summed E-state index contributed by atoms with van der Waals surface area (Å²) >= 11 is 0. The average Bonchev–Trinajstić information content (AvgIpc) is 1.81. The summed E-state index contributed by atoms with van der Waals surface area (Å²) < 4.78 is 0. The third-order valence-electron chi connectivity index (χ3n) is 1.18. The second-order valence-electron chi connectivity index (χ2n) is 2.02. The van der Waals surface area contributed by atoms with E-state index in [1.54, 1.807) is 0 Å². The molecule has 6 heteroatoms. The van der Waals surface area contributed by atoms with Crippen LogP contribution in [-0.2, 0) is 4.79 Å². The smallest absolute Gasteiger partial charge is 0.119 e. The summed E-state index contributed by atoms with van der Waals surface area (Å²) in [6.07, 6.45) is 6.56. The first-order valence-electron chi connectivity index (χ1n) is 3.35. The molecule has 0 fully saturated rings. The Balaban J connectivity index is -0.0000000245. The van der Waals surface area contributed by atoms with E-state index in [1.807, 2.05) is 0 Å². The Bertz CT molecular complexity index is 62.8. The molecule has 0 saturated heterocycles. The second-order valence-corrected chi connectivity index (χ2v) is 2.02. The van der Waals surface area contributed by atoms with Crippen LogP contribution in [0.1, 0.15) is 39.0 Å². The van der Waals surface area contributed by atoms with Gasteiger partial charge in [0.15, 0.2) is 0 Å². The average molecular weight is 815 g/mol. The second kappa shape index (κ2) is 36.3. The fourth-order valence-electron chi connectivity index (χ4n) is 0.654. The van der Waals surface area contributed by atoms with Crippen LogP contribution in [-0.4, -0.2) is 6.29 Å². The minimum Gasteiger partial charge on any atom is -0.303 e. The van der Waals surface area contributed by atoms with Crippen molar-refractivity contribution in [3.05, 3.63) is 0 Å². The molecule has 68 valence electrons. The Hall–Kier alpha value is 6.55. The van der Waals surface area contributed by atoms with Gasteiger partial charge in [0.05, 0.1) is 0 Å². The van der Waals surface area contributed by atoms with E-state index >= 15 is 0 Å². The van der Waals surface area contributed by atoms with Crippen molar-refractivity contribution in [1.29, 1.82) is 0 Å². The molecular formula is C7H14Ce5O. The molecule has 0 atom stereocenters.